The number of halogens is 1. The quantitative estimate of drug-likeness (QED) is 0.624. The Labute approximate surface area is 155 Å². The monoisotopic (exact) mass is 371 g/mol. The van der Waals surface area contributed by atoms with Gasteiger partial charge in [-0.25, -0.2) is 9.18 Å². The van der Waals surface area contributed by atoms with Gasteiger partial charge in [-0.1, -0.05) is 18.2 Å². The fourth-order valence-corrected chi connectivity index (χ4v) is 2.51. The van der Waals surface area contributed by atoms with E-state index in [-0.39, 0.29) is 12.8 Å². The number of carbonyl (C=O) groups is 2. The smallest absolute Gasteiger partial charge is 0.331 e. The molecule has 0 spiro atoms. The molecule has 1 amide bonds. The summed E-state index contributed by atoms with van der Waals surface area (Å²) in [6, 6.07) is 10.9. The van der Waals surface area contributed by atoms with Crippen molar-refractivity contribution in [3.8, 4) is 11.5 Å². The van der Waals surface area contributed by atoms with Crippen LogP contribution in [0.3, 0.4) is 0 Å². The minimum atomic E-state index is -0.690. The Kier molecular flexibility index (Phi) is 5.71. The summed E-state index contributed by atoms with van der Waals surface area (Å²) in [7, 11) is 0. The first-order valence-electron chi connectivity index (χ1n) is 8.30. The molecule has 0 saturated carbocycles. The number of rotatable bonds is 6. The zero-order valence-corrected chi connectivity index (χ0v) is 14.6. The van der Waals surface area contributed by atoms with Gasteiger partial charge in [0.05, 0.1) is 6.04 Å². The molecule has 1 N–H and O–H groups in total. The molecule has 0 radical (unpaired) electrons. The Bertz CT molecular complexity index is 880. The Morgan fingerprint density at radius 1 is 1.22 bits per heavy atom. The molecular weight excluding hydrogens is 353 g/mol. The Morgan fingerprint density at radius 2 is 2.04 bits per heavy atom. The van der Waals surface area contributed by atoms with Gasteiger partial charge in [0.2, 0.25) is 6.79 Å². The molecule has 1 atom stereocenters. The summed E-state index contributed by atoms with van der Waals surface area (Å²) in [5.41, 5.74) is 1.36. The maximum Gasteiger partial charge on any atom is 0.331 e. The number of amides is 1. The third kappa shape index (κ3) is 5.07. The molecule has 1 aliphatic heterocycles. The molecule has 0 aliphatic carbocycles. The van der Waals surface area contributed by atoms with E-state index in [4.69, 9.17) is 14.2 Å². The summed E-state index contributed by atoms with van der Waals surface area (Å²) in [5.74, 6) is -0.237. The van der Waals surface area contributed by atoms with E-state index in [9.17, 15) is 14.0 Å². The number of nitrogens with one attached hydrogen (secondary N) is 1. The van der Waals surface area contributed by atoms with Crippen molar-refractivity contribution in [3.63, 3.8) is 0 Å². The van der Waals surface area contributed by atoms with Gasteiger partial charge in [0.1, 0.15) is 5.82 Å². The van der Waals surface area contributed by atoms with Crippen LogP contribution in [-0.2, 0) is 14.3 Å². The van der Waals surface area contributed by atoms with Crippen LogP contribution in [0.25, 0.3) is 6.08 Å². The Balaban J connectivity index is 1.47. The van der Waals surface area contributed by atoms with Gasteiger partial charge in [-0.2, -0.15) is 0 Å². The zero-order valence-electron chi connectivity index (χ0n) is 14.6. The van der Waals surface area contributed by atoms with E-state index < -0.39 is 24.3 Å². The van der Waals surface area contributed by atoms with Crippen molar-refractivity contribution in [2.24, 2.45) is 0 Å². The maximum absolute atomic E-state index is 13.1. The van der Waals surface area contributed by atoms with Gasteiger partial charge >= 0.3 is 5.97 Å². The summed E-state index contributed by atoms with van der Waals surface area (Å²) in [5, 5.41) is 2.74. The van der Waals surface area contributed by atoms with Gasteiger partial charge < -0.3 is 19.5 Å². The van der Waals surface area contributed by atoms with Gasteiger partial charge in [-0.15, -0.1) is 0 Å². The van der Waals surface area contributed by atoms with Crippen molar-refractivity contribution < 1.29 is 28.2 Å². The number of hydrogen-bond acceptors (Lipinski definition) is 5. The second kappa shape index (κ2) is 8.35. The maximum atomic E-state index is 13.1. The Hall–Kier alpha value is -3.35. The lowest BCUT2D eigenvalue weighted by atomic mass is 10.1. The second-order valence-corrected chi connectivity index (χ2v) is 5.90. The predicted molar refractivity (Wildman–Crippen MR) is 95.5 cm³/mol. The minimum absolute atomic E-state index is 0.179. The highest BCUT2D eigenvalue weighted by molar-refractivity contribution is 5.89. The van der Waals surface area contributed by atoms with E-state index in [0.717, 1.165) is 11.6 Å². The standard InChI is InChI=1S/C20H18FNO5/c1-13(15-6-7-17-18(10-15)27-12-26-17)22-19(23)11-25-20(24)8-5-14-3-2-4-16(21)9-14/h2-10,13H,11-12H2,1H3,(H,22,23)/b8-5+/t13-/m1/s1. The lowest BCUT2D eigenvalue weighted by Gasteiger charge is -2.14. The number of esters is 1. The van der Waals surface area contributed by atoms with Crippen molar-refractivity contribution >= 4 is 18.0 Å². The van der Waals surface area contributed by atoms with Gasteiger partial charge in [-0.05, 0) is 48.4 Å². The third-order valence-electron chi connectivity index (χ3n) is 3.88. The number of fused-ring (bicyclic) bond motifs is 1. The highest BCUT2D eigenvalue weighted by Crippen LogP contribution is 2.34. The van der Waals surface area contributed by atoms with Crippen LogP contribution >= 0.6 is 0 Å². The van der Waals surface area contributed by atoms with Gasteiger partial charge in [0.15, 0.2) is 18.1 Å². The SMILES string of the molecule is C[C@@H](NC(=O)COC(=O)/C=C/c1cccc(F)c1)c1ccc2c(c1)OCO2. The van der Waals surface area contributed by atoms with Crippen molar-refractivity contribution in [1.29, 1.82) is 0 Å². The van der Waals surface area contributed by atoms with Crippen LogP contribution in [-0.4, -0.2) is 25.3 Å². The normalized spacial score (nSPS) is 13.4. The van der Waals surface area contributed by atoms with Crippen LogP contribution < -0.4 is 14.8 Å². The fourth-order valence-electron chi connectivity index (χ4n) is 2.51. The fraction of sp³-hybridized carbons (Fsp3) is 0.200. The van der Waals surface area contributed by atoms with Crippen molar-refractivity contribution in [3.05, 3.63) is 65.5 Å². The van der Waals surface area contributed by atoms with Crippen LogP contribution in [0.15, 0.2) is 48.5 Å². The molecule has 6 nitrogen and oxygen atoms in total. The predicted octanol–water partition coefficient (Wildman–Crippen LogP) is 2.99. The number of hydrogen-bond donors (Lipinski definition) is 1. The number of benzene rings is 2. The first kappa shape index (κ1) is 18.4. The van der Waals surface area contributed by atoms with E-state index in [1.54, 1.807) is 25.1 Å². The lowest BCUT2D eigenvalue weighted by Crippen LogP contribution is -2.30. The molecule has 0 fully saturated rings. The van der Waals surface area contributed by atoms with Crippen LogP contribution in [0, 0.1) is 5.82 Å². The first-order chi connectivity index (χ1) is 13.0. The molecule has 1 heterocycles. The van der Waals surface area contributed by atoms with E-state index in [1.165, 1.54) is 24.3 Å². The molecule has 2 aromatic rings. The third-order valence-corrected chi connectivity index (χ3v) is 3.88. The molecule has 1 aliphatic rings. The van der Waals surface area contributed by atoms with Crippen molar-refractivity contribution in [2.45, 2.75) is 13.0 Å². The van der Waals surface area contributed by atoms with Crippen LogP contribution in [0.5, 0.6) is 11.5 Å². The van der Waals surface area contributed by atoms with Gasteiger partial charge in [-0.3, -0.25) is 4.79 Å². The van der Waals surface area contributed by atoms with E-state index in [1.807, 2.05) is 6.07 Å². The van der Waals surface area contributed by atoms with Crippen LogP contribution in [0.4, 0.5) is 4.39 Å². The first-order valence-corrected chi connectivity index (χ1v) is 8.30. The van der Waals surface area contributed by atoms with Crippen LogP contribution in [0.2, 0.25) is 0 Å². The zero-order chi connectivity index (χ0) is 19.2. The second-order valence-electron chi connectivity index (χ2n) is 5.90. The number of ether oxygens (including phenoxy) is 3. The van der Waals surface area contributed by atoms with Crippen LogP contribution in [0.1, 0.15) is 24.1 Å². The summed E-state index contributed by atoms with van der Waals surface area (Å²) in [6.45, 7) is 1.57. The Morgan fingerprint density at radius 3 is 2.85 bits per heavy atom. The average molecular weight is 371 g/mol. The molecule has 3 rings (SSSR count). The highest BCUT2D eigenvalue weighted by Gasteiger charge is 2.17. The molecule has 140 valence electrons. The lowest BCUT2D eigenvalue weighted by molar-refractivity contribution is -0.144. The van der Waals surface area contributed by atoms with Crippen molar-refractivity contribution in [1.82, 2.24) is 5.32 Å². The van der Waals surface area contributed by atoms with E-state index in [0.29, 0.717) is 17.1 Å². The van der Waals surface area contributed by atoms with E-state index in [2.05, 4.69) is 5.32 Å². The molecule has 7 heteroatoms. The topological polar surface area (TPSA) is 73.9 Å². The van der Waals surface area contributed by atoms with E-state index >= 15 is 0 Å². The summed E-state index contributed by atoms with van der Waals surface area (Å²) >= 11 is 0. The summed E-state index contributed by atoms with van der Waals surface area (Å²) in [4.78, 5) is 23.6. The molecule has 27 heavy (non-hydrogen) atoms. The molecule has 0 bridgehead atoms. The van der Waals surface area contributed by atoms with Crippen molar-refractivity contribution in [2.75, 3.05) is 13.4 Å². The molecular formula is C20H18FNO5. The molecule has 0 aromatic heterocycles. The van der Waals surface area contributed by atoms with Gasteiger partial charge in [0, 0.05) is 6.08 Å². The number of carbonyl (C=O) groups excluding carboxylic acids is 2. The summed E-state index contributed by atoms with van der Waals surface area (Å²) < 4.78 is 28.5. The largest absolute Gasteiger partial charge is 0.454 e. The molecule has 2 aromatic carbocycles. The molecule has 0 unspecified atom stereocenters. The minimum Gasteiger partial charge on any atom is -0.454 e. The molecule has 0 saturated heterocycles. The highest BCUT2D eigenvalue weighted by atomic mass is 19.1. The average Bonchev–Trinajstić information content (AvgIpc) is 3.12. The summed E-state index contributed by atoms with van der Waals surface area (Å²) in [6.07, 6.45) is 2.56. The van der Waals surface area contributed by atoms with Gasteiger partial charge in [0.25, 0.3) is 5.91 Å².